The highest BCUT2D eigenvalue weighted by molar-refractivity contribution is 6.01. The number of nitrogens with two attached hydrogens (primary N) is 1. The molecule has 3 aromatic rings. The van der Waals surface area contributed by atoms with Crippen molar-refractivity contribution in [2.45, 2.75) is 6.10 Å². The SMILES string of the molecule is Nc1nccc(-c2c[nH]c3nccc(NCC4CNCCO4)c23)n1. The van der Waals surface area contributed by atoms with E-state index in [0.717, 1.165) is 54.2 Å². The van der Waals surface area contributed by atoms with E-state index in [-0.39, 0.29) is 12.1 Å². The standard InChI is InChI=1S/C16H19N7O/c17-16-20-4-1-12(23-16)11-9-22-15-14(11)13(2-3-19-15)21-8-10-7-18-5-6-24-10/h1-4,9-10,18H,5-8H2,(H2,17,20,23)(H2,19,21,22). The molecular formula is C16H19N7O. The number of rotatable bonds is 4. The van der Waals surface area contributed by atoms with Gasteiger partial charge in [0.1, 0.15) is 5.65 Å². The maximum Gasteiger partial charge on any atom is 0.220 e. The van der Waals surface area contributed by atoms with E-state index in [2.05, 4.69) is 30.6 Å². The number of anilines is 2. The average Bonchev–Trinajstić information content (AvgIpc) is 3.05. The first-order valence-corrected chi connectivity index (χ1v) is 7.92. The van der Waals surface area contributed by atoms with Crippen molar-refractivity contribution in [1.29, 1.82) is 0 Å². The Morgan fingerprint density at radius 3 is 3.04 bits per heavy atom. The van der Waals surface area contributed by atoms with Crippen molar-refractivity contribution >= 4 is 22.7 Å². The summed E-state index contributed by atoms with van der Waals surface area (Å²) in [4.78, 5) is 15.8. The zero-order chi connectivity index (χ0) is 16.4. The molecule has 0 bridgehead atoms. The molecule has 4 rings (SSSR count). The van der Waals surface area contributed by atoms with Crippen LogP contribution in [0.1, 0.15) is 0 Å². The van der Waals surface area contributed by atoms with E-state index < -0.39 is 0 Å². The average molecular weight is 325 g/mol. The van der Waals surface area contributed by atoms with E-state index in [4.69, 9.17) is 10.5 Å². The lowest BCUT2D eigenvalue weighted by molar-refractivity contribution is 0.0372. The summed E-state index contributed by atoms with van der Waals surface area (Å²) in [5.74, 6) is 0.252. The van der Waals surface area contributed by atoms with Gasteiger partial charge in [0.05, 0.1) is 23.8 Å². The van der Waals surface area contributed by atoms with Crippen LogP contribution in [0.4, 0.5) is 11.6 Å². The number of nitrogen functional groups attached to an aromatic ring is 1. The lowest BCUT2D eigenvalue weighted by Crippen LogP contribution is -2.42. The fourth-order valence-corrected chi connectivity index (χ4v) is 2.90. The molecule has 3 aromatic heterocycles. The zero-order valence-corrected chi connectivity index (χ0v) is 13.1. The van der Waals surface area contributed by atoms with E-state index in [1.165, 1.54) is 0 Å². The molecule has 1 aliphatic heterocycles. The topological polar surface area (TPSA) is 114 Å². The Morgan fingerprint density at radius 1 is 1.29 bits per heavy atom. The van der Waals surface area contributed by atoms with Gasteiger partial charge in [-0.3, -0.25) is 0 Å². The molecule has 1 aliphatic rings. The fraction of sp³-hybridized carbons (Fsp3) is 0.312. The quantitative estimate of drug-likeness (QED) is 0.566. The Bertz CT molecular complexity index is 841. The second kappa shape index (κ2) is 6.42. The lowest BCUT2D eigenvalue weighted by Gasteiger charge is -2.24. The van der Waals surface area contributed by atoms with Crippen LogP contribution in [-0.4, -0.2) is 52.3 Å². The molecule has 0 spiro atoms. The van der Waals surface area contributed by atoms with Crippen LogP contribution in [0.15, 0.2) is 30.7 Å². The predicted molar refractivity (Wildman–Crippen MR) is 92.6 cm³/mol. The third-order valence-electron chi connectivity index (χ3n) is 4.05. The summed E-state index contributed by atoms with van der Waals surface area (Å²) in [5, 5.41) is 7.79. The molecule has 24 heavy (non-hydrogen) atoms. The van der Waals surface area contributed by atoms with Gasteiger partial charge in [0.15, 0.2) is 0 Å². The molecule has 0 aromatic carbocycles. The molecule has 1 fully saturated rings. The molecular weight excluding hydrogens is 306 g/mol. The summed E-state index contributed by atoms with van der Waals surface area (Å²) >= 11 is 0. The monoisotopic (exact) mass is 325 g/mol. The van der Waals surface area contributed by atoms with Crippen molar-refractivity contribution in [3.8, 4) is 11.3 Å². The normalized spacial score (nSPS) is 17.9. The molecule has 8 heteroatoms. The Labute approximate surface area is 138 Å². The van der Waals surface area contributed by atoms with Gasteiger partial charge in [-0.25, -0.2) is 15.0 Å². The highest BCUT2D eigenvalue weighted by Crippen LogP contribution is 2.32. The number of nitrogens with one attached hydrogen (secondary N) is 3. The Morgan fingerprint density at radius 2 is 2.21 bits per heavy atom. The molecule has 124 valence electrons. The number of hydrogen-bond acceptors (Lipinski definition) is 7. The highest BCUT2D eigenvalue weighted by atomic mass is 16.5. The molecule has 0 saturated carbocycles. The van der Waals surface area contributed by atoms with Crippen molar-refractivity contribution in [3.63, 3.8) is 0 Å². The van der Waals surface area contributed by atoms with Crippen molar-refractivity contribution in [2.24, 2.45) is 0 Å². The summed E-state index contributed by atoms with van der Waals surface area (Å²) in [6, 6.07) is 3.80. The van der Waals surface area contributed by atoms with Crippen molar-refractivity contribution < 1.29 is 4.74 Å². The molecule has 0 radical (unpaired) electrons. The molecule has 0 amide bonds. The van der Waals surface area contributed by atoms with E-state index >= 15 is 0 Å². The van der Waals surface area contributed by atoms with Crippen LogP contribution >= 0.6 is 0 Å². The number of hydrogen-bond donors (Lipinski definition) is 4. The predicted octanol–water partition coefficient (Wildman–Crippen LogP) is 1.00. The van der Waals surface area contributed by atoms with Crippen LogP contribution < -0.4 is 16.4 Å². The van der Waals surface area contributed by atoms with Crippen LogP contribution in [0.2, 0.25) is 0 Å². The van der Waals surface area contributed by atoms with Gasteiger partial charge in [-0.15, -0.1) is 0 Å². The minimum atomic E-state index is 0.152. The number of nitrogens with zero attached hydrogens (tertiary/aromatic N) is 3. The first kappa shape index (κ1) is 14.9. The van der Waals surface area contributed by atoms with E-state index in [1.807, 2.05) is 18.3 Å². The fourth-order valence-electron chi connectivity index (χ4n) is 2.90. The summed E-state index contributed by atoms with van der Waals surface area (Å²) in [6.45, 7) is 3.23. The van der Waals surface area contributed by atoms with Gasteiger partial charge >= 0.3 is 0 Å². The van der Waals surface area contributed by atoms with Crippen molar-refractivity contribution in [3.05, 3.63) is 30.7 Å². The minimum Gasteiger partial charge on any atom is -0.382 e. The zero-order valence-electron chi connectivity index (χ0n) is 13.1. The van der Waals surface area contributed by atoms with Crippen LogP contribution in [0.25, 0.3) is 22.3 Å². The first-order valence-electron chi connectivity index (χ1n) is 7.92. The molecule has 0 aliphatic carbocycles. The smallest absolute Gasteiger partial charge is 0.220 e. The second-order valence-electron chi connectivity index (χ2n) is 5.66. The van der Waals surface area contributed by atoms with E-state index in [0.29, 0.717) is 0 Å². The van der Waals surface area contributed by atoms with Crippen molar-refractivity contribution in [1.82, 2.24) is 25.3 Å². The van der Waals surface area contributed by atoms with Crippen LogP contribution in [0.3, 0.4) is 0 Å². The third kappa shape index (κ3) is 2.89. The maximum atomic E-state index is 5.74. The van der Waals surface area contributed by atoms with Gasteiger partial charge in [0.2, 0.25) is 5.95 Å². The number of morpholine rings is 1. The number of aromatic nitrogens is 4. The number of fused-ring (bicyclic) bond motifs is 1. The summed E-state index contributed by atoms with van der Waals surface area (Å²) in [6.07, 6.45) is 5.48. The number of ether oxygens (including phenoxy) is 1. The van der Waals surface area contributed by atoms with Crippen LogP contribution in [0, 0.1) is 0 Å². The second-order valence-corrected chi connectivity index (χ2v) is 5.66. The maximum absolute atomic E-state index is 5.74. The Balaban J connectivity index is 1.66. The molecule has 1 saturated heterocycles. The van der Waals surface area contributed by atoms with Crippen molar-refractivity contribution in [2.75, 3.05) is 37.3 Å². The molecule has 4 heterocycles. The summed E-state index contributed by atoms with van der Waals surface area (Å²) in [5.41, 5.74) is 9.21. The molecule has 1 atom stereocenters. The number of H-pyrrole nitrogens is 1. The molecule has 5 N–H and O–H groups in total. The summed E-state index contributed by atoms with van der Waals surface area (Å²) in [7, 11) is 0. The van der Waals surface area contributed by atoms with Gasteiger partial charge in [0.25, 0.3) is 0 Å². The van der Waals surface area contributed by atoms with Gasteiger partial charge in [0, 0.05) is 49.5 Å². The number of aromatic amines is 1. The van der Waals surface area contributed by atoms with Crippen LogP contribution in [-0.2, 0) is 4.74 Å². The largest absolute Gasteiger partial charge is 0.382 e. The molecule has 8 nitrogen and oxygen atoms in total. The highest BCUT2D eigenvalue weighted by Gasteiger charge is 2.16. The van der Waals surface area contributed by atoms with Gasteiger partial charge in [-0.05, 0) is 12.1 Å². The van der Waals surface area contributed by atoms with Gasteiger partial charge in [-0.1, -0.05) is 0 Å². The van der Waals surface area contributed by atoms with Crippen LogP contribution in [0.5, 0.6) is 0 Å². The lowest BCUT2D eigenvalue weighted by atomic mass is 10.1. The Kier molecular flexibility index (Phi) is 3.97. The molecule has 1 unspecified atom stereocenters. The van der Waals surface area contributed by atoms with E-state index in [1.54, 1.807) is 12.4 Å². The minimum absolute atomic E-state index is 0.152. The third-order valence-corrected chi connectivity index (χ3v) is 4.05. The first-order chi connectivity index (χ1) is 11.8. The number of pyridine rings is 1. The Hall–Kier alpha value is -2.71. The summed E-state index contributed by atoms with van der Waals surface area (Å²) < 4.78 is 5.74. The van der Waals surface area contributed by atoms with Gasteiger partial charge < -0.3 is 26.1 Å². The van der Waals surface area contributed by atoms with Gasteiger partial charge in [-0.2, -0.15) is 0 Å². The van der Waals surface area contributed by atoms with E-state index in [9.17, 15) is 0 Å².